The first-order chi connectivity index (χ1) is 15.5. The van der Waals surface area contributed by atoms with Crippen LogP contribution in [0, 0.1) is 0 Å². The van der Waals surface area contributed by atoms with Crippen molar-refractivity contribution in [1.82, 2.24) is 9.80 Å². The van der Waals surface area contributed by atoms with Crippen LogP contribution in [0.3, 0.4) is 0 Å². The van der Waals surface area contributed by atoms with E-state index in [1.807, 2.05) is 41.3 Å². The van der Waals surface area contributed by atoms with Gasteiger partial charge in [0.1, 0.15) is 18.1 Å². The van der Waals surface area contributed by atoms with Crippen LogP contribution in [0.25, 0.3) is 0 Å². The number of rotatable bonds is 11. The average Bonchev–Trinajstić information content (AvgIpc) is 2.96. The van der Waals surface area contributed by atoms with E-state index in [9.17, 15) is 4.79 Å². The Morgan fingerprint density at radius 1 is 0.909 bits per heavy atom. The molecule has 0 fully saturated rings. The normalized spacial score (nSPS) is 13.1. The molecule has 182 valence electrons. The Balaban J connectivity index is 0.00000385. The fraction of sp³-hybridized carbons (Fsp3) is 0.480. The van der Waals surface area contributed by atoms with E-state index in [1.54, 1.807) is 21.3 Å². The molecule has 0 aromatic heterocycles. The molecule has 1 aliphatic rings. The number of benzene rings is 2. The number of nitrogens with zero attached hydrogens (tertiary/aromatic N) is 2. The molecule has 1 aliphatic heterocycles. The van der Waals surface area contributed by atoms with E-state index < -0.39 is 0 Å². The lowest BCUT2D eigenvalue weighted by molar-refractivity contribution is -0.130. The van der Waals surface area contributed by atoms with Crippen LogP contribution in [-0.2, 0) is 17.6 Å². The summed E-state index contributed by atoms with van der Waals surface area (Å²) in [5.41, 5.74) is 2.19. The molecule has 1 heterocycles. The van der Waals surface area contributed by atoms with Crippen molar-refractivity contribution in [3.05, 3.63) is 47.5 Å². The fourth-order valence-corrected chi connectivity index (χ4v) is 3.89. The fourth-order valence-electron chi connectivity index (χ4n) is 3.89. The van der Waals surface area contributed by atoms with Crippen LogP contribution in [0.5, 0.6) is 23.0 Å². The lowest BCUT2D eigenvalue weighted by atomic mass is 10.0. The summed E-state index contributed by atoms with van der Waals surface area (Å²) >= 11 is 0. The van der Waals surface area contributed by atoms with Crippen LogP contribution in [0.15, 0.2) is 36.4 Å². The zero-order valence-corrected chi connectivity index (χ0v) is 20.8. The summed E-state index contributed by atoms with van der Waals surface area (Å²) in [5.74, 6) is 3.21. The molecule has 7 nitrogen and oxygen atoms in total. The maximum absolute atomic E-state index is 12.8. The van der Waals surface area contributed by atoms with Gasteiger partial charge in [-0.05, 0) is 74.0 Å². The lowest BCUT2D eigenvalue weighted by Crippen LogP contribution is -2.35. The van der Waals surface area contributed by atoms with Gasteiger partial charge in [0.25, 0.3) is 0 Å². The Morgan fingerprint density at radius 2 is 1.55 bits per heavy atom. The molecule has 0 atom stereocenters. The van der Waals surface area contributed by atoms with Gasteiger partial charge in [-0.1, -0.05) is 0 Å². The number of ether oxygens (including phenoxy) is 4. The van der Waals surface area contributed by atoms with E-state index in [4.69, 9.17) is 18.9 Å². The highest BCUT2D eigenvalue weighted by Crippen LogP contribution is 2.32. The smallest absolute Gasteiger partial charge is 0.227 e. The Kier molecular flexibility index (Phi) is 10.6. The predicted octanol–water partition coefficient (Wildman–Crippen LogP) is 3.46. The zero-order chi connectivity index (χ0) is 22.9. The molecule has 0 bridgehead atoms. The number of halogens is 1. The molecule has 2 aromatic rings. The van der Waals surface area contributed by atoms with Gasteiger partial charge in [0, 0.05) is 19.6 Å². The second-order valence-electron chi connectivity index (χ2n) is 7.96. The number of methoxy groups -OCH3 is 3. The number of fused-ring (bicyclic) bond motifs is 1. The molecule has 0 spiro atoms. The van der Waals surface area contributed by atoms with Gasteiger partial charge in [0.15, 0.2) is 11.5 Å². The van der Waals surface area contributed by atoms with Gasteiger partial charge in [-0.25, -0.2) is 0 Å². The van der Waals surface area contributed by atoms with Crippen molar-refractivity contribution in [2.45, 2.75) is 19.3 Å². The van der Waals surface area contributed by atoms with Gasteiger partial charge in [-0.15, -0.1) is 12.4 Å². The molecule has 0 saturated carbocycles. The highest BCUT2D eigenvalue weighted by Gasteiger charge is 2.22. The summed E-state index contributed by atoms with van der Waals surface area (Å²) in [7, 11) is 6.98. The number of carbonyl (C=O) groups excluding carboxylic acids is 1. The zero-order valence-electron chi connectivity index (χ0n) is 20.0. The molecular weight excluding hydrogens is 444 g/mol. The number of hydrogen-bond donors (Lipinski definition) is 0. The van der Waals surface area contributed by atoms with Crippen molar-refractivity contribution in [1.29, 1.82) is 0 Å². The number of likely N-dealkylation sites (N-methyl/N-ethyl adjacent to an activating group) is 1. The van der Waals surface area contributed by atoms with Crippen LogP contribution < -0.4 is 18.9 Å². The van der Waals surface area contributed by atoms with Gasteiger partial charge < -0.3 is 28.7 Å². The number of amides is 1. The summed E-state index contributed by atoms with van der Waals surface area (Å²) in [4.78, 5) is 17.0. The first-order valence-corrected chi connectivity index (χ1v) is 11.0. The van der Waals surface area contributed by atoms with Gasteiger partial charge in [0.05, 0.1) is 27.8 Å². The van der Waals surface area contributed by atoms with E-state index in [2.05, 4.69) is 11.9 Å². The quantitative estimate of drug-likeness (QED) is 0.493. The van der Waals surface area contributed by atoms with Gasteiger partial charge in [-0.2, -0.15) is 0 Å². The van der Waals surface area contributed by atoms with Crippen molar-refractivity contribution in [3.8, 4) is 23.0 Å². The summed E-state index contributed by atoms with van der Waals surface area (Å²) in [6.07, 6.45) is 2.15. The summed E-state index contributed by atoms with van der Waals surface area (Å²) < 4.78 is 21.8. The molecule has 0 saturated heterocycles. The molecule has 1 amide bonds. The topological polar surface area (TPSA) is 60.5 Å². The molecule has 0 N–H and O–H groups in total. The maximum atomic E-state index is 12.8. The summed E-state index contributed by atoms with van der Waals surface area (Å²) in [5, 5.41) is 0. The average molecular weight is 479 g/mol. The highest BCUT2D eigenvalue weighted by molar-refractivity contribution is 5.85. The second-order valence-corrected chi connectivity index (χ2v) is 7.96. The lowest BCUT2D eigenvalue weighted by Gasteiger charge is -2.23. The van der Waals surface area contributed by atoms with Gasteiger partial charge >= 0.3 is 0 Å². The molecule has 0 unspecified atom stereocenters. The molecule has 33 heavy (non-hydrogen) atoms. The largest absolute Gasteiger partial charge is 0.497 e. The van der Waals surface area contributed by atoms with E-state index in [-0.39, 0.29) is 18.3 Å². The summed E-state index contributed by atoms with van der Waals surface area (Å²) in [6.45, 7) is 3.83. The Labute approximate surface area is 203 Å². The third-order valence-electron chi connectivity index (χ3n) is 5.82. The molecule has 8 heteroatoms. The predicted molar refractivity (Wildman–Crippen MR) is 131 cm³/mol. The van der Waals surface area contributed by atoms with Crippen molar-refractivity contribution in [3.63, 3.8) is 0 Å². The minimum absolute atomic E-state index is 0. The minimum Gasteiger partial charge on any atom is -0.497 e. The monoisotopic (exact) mass is 478 g/mol. The van der Waals surface area contributed by atoms with Crippen LogP contribution in [-0.4, -0.2) is 76.9 Å². The Morgan fingerprint density at radius 3 is 2.18 bits per heavy atom. The minimum atomic E-state index is 0. The first kappa shape index (κ1) is 26.6. The molecule has 0 aliphatic carbocycles. The van der Waals surface area contributed by atoms with E-state index in [0.717, 1.165) is 61.6 Å². The van der Waals surface area contributed by atoms with E-state index in [1.165, 1.54) is 0 Å². The van der Waals surface area contributed by atoms with Crippen LogP contribution >= 0.6 is 12.4 Å². The third kappa shape index (κ3) is 7.44. The van der Waals surface area contributed by atoms with Crippen LogP contribution in [0.4, 0.5) is 0 Å². The molecule has 0 radical (unpaired) electrons. The number of carbonyl (C=O) groups is 1. The second kappa shape index (κ2) is 13.2. The third-order valence-corrected chi connectivity index (χ3v) is 5.82. The van der Waals surface area contributed by atoms with Gasteiger partial charge in [0.2, 0.25) is 5.91 Å². The van der Waals surface area contributed by atoms with Crippen molar-refractivity contribution < 1.29 is 23.7 Å². The van der Waals surface area contributed by atoms with Crippen molar-refractivity contribution in [2.24, 2.45) is 0 Å². The van der Waals surface area contributed by atoms with Crippen molar-refractivity contribution in [2.75, 3.05) is 61.2 Å². The molecule has 2 aromatic carbocycles. The SMILES string of the molecule is COc1ccc(OCCN(C)CCCN2CCc3cc(OC)c(OC)cc3CC2=O)cc1.Cl. The Bertz CT molecular complexity index is 891. The standard InChI is InChI=1S/C25H34N2O5.ClH/c1-26(14-15-32-22-8-6-21(29-2)7-9-22)11-5-12-27-13-10-19-16-23(30-3)24(31-4)17-20(19)18-25(27)28;/h6-9,16-17H,5,10-15,18H2,1-4H3;1H. The van der Waals surface area contributed by atoms with Gasteiger partial charge in [-0.3, -0.25) is 4.79 Å². The number of hydrogen-bond acceptors (Lipinski definition) is 6. The maximum Gasteiger partial charge on any atom is 0.227 e. The first-order valence-electron chi connectivity index (χ1n) is 11.0. The Hall–Kier alpha value is -2.64. The van der Waals surface area contributed by atoms with Crippen molar-refractivity contribution >= 4 is 18.3 Å². The van der Waals surface area contributed by atoms with E-state index >= 15 is 0 Å². The summed E-state index contributed by atoms with van der Waals surface area (Å²) in [6, 6.07) is 11.5. The van der Waals surface area contributed by atoms with E-state index in [0.29, 0.717) is 24.5 Å². The molecular formula is C25H35ClN2O5. The highest BCUT2D eigenvalue weighted by atomic mass is 35.5. The van der Waals surface area contributed by atoms with Crippen LogP contribution in [0.2, 0.25) is 0 Å². The van der Waals surface area contributed by atoms with Crippen LogP contribution in [0.1, 0.15) is 17.5 Å². The molecule has 3 rings (SSSR count).